The zero-order valence-corrected chi connectivity index (χ0v) is 17.6. The second-order valence-electron chi connectivity index (χ2n) is 8.49. The van der Waals surface area contributed by atoms with Crippen molar-refractivity contribution < 1.29 is 14.3 Å². The Balaban J connectivity index is 1.79. The summed E-state index contributed by atoms with van der Waals surface area (Å²) in [5, 5.41) is 3.48. The van der Waals surface area contributed by atoms with Gasteiger partial charge in [0, 0.05) is 18.3 Å². The topological polar surface area (TPSA) is 47.6 Å². The molecule has 0 unspecified atom stereocenters. The Hall–Kier alpha value is -2.49. The van der Waals surface area contributed by atoms with Crippen LogP contribution in [0.4, 0.5) is 5.69 Å². The lowest BCUT2D eigenvalue weighted by Crippen LogP contribution is -2.25. The van der Waals surface area contributed by atoms with E-state index >= 15 is 0 Å². The van der Waals surface area contributed by atoms with Crippen molar-refractivity contribution in [1.29, 1.82) is 0 Å². The molecule has 0 saturated heterocycles. The van der Waals surface area contributed by atoms with Gasteiger partial charge in [0.25, 0.3) is 0 Å². The van der Waals surface area contributed by atoms with Crippen LogP contribution in [0.3, 0.4) is 0 Å². The third kappa shape index (κ3) is 4.49. The van der Waals surface area contributed by atoms with Gasteiger partial charge >= 0.3 is 5.97 Å². The molecule has 0 heterocycles. The minimum atomic E-state index is -0.502. The average molecular weight is 382 g/mol. The van der Waals surface area contributed by atoms with Crippen LogP contribution in [-0.2, 0) is 17.6 Å². The fourth-order valence-electron chi connectivity index (χ4n) is 3.68. The van der Waals surface area contributed by atoms with Gasteiger partial charge in [-0.2, -0.15) is 0 Å². The highest BCUT2D eigenvalue weighted by atomic mass is 16.5. The van der Waals surface area contributed by atoms with Crippen molar-refractivity contribution in [2.75, 3.05) is 19.0 Å². The van der Waals surface area contributed by atoms with Crippen molar-refractivity contribution in [3.8, 4) is 11.5 Å². The van der Waals surface area contributed by atoms with E-state index in [1.165, 1.54) is 16.7 Å². The summed E-state index contributed by atoms with van der Waals surface area (Å²) >= 11 is 0. The fourth-order valence-corrected chi connectivity index (χ4v) is 3.68. The van der Waals surface area contributed by atoms with Crippen LogP contribution in [0.15, 0.2) is 36.4 Å². The quantitative estimate of drug-likeness (QED) is 0.560. The maximum absolute atomic E-state index is 12.2. The molecule has 0 fully saturated rings. The van der Waals surface area contributed by atoms with E-state index in [9.17, 15) is 4.79 Å². The van der Waals surface area contributed by atoms with E-state index in [4.69, 9.17) is 9.47 Å². The highest BCUT2D eigenvalue weighted by molar-refractivity contribution is 5.77. The first-order valence-electron chi connectivity index (χ1n) is 10.1. The lowest BCUT2D eigenvalue weighted by molar-refractivity contribution is -0.143. The van der Waals surface area contributed by atoms with Crippen LogP contribution in [0.25, 0.3) is 0 Å². The SMILES string of the molecule is CCNc1cc(OC)ccc1[C@H]1CCc2cc(OC(=O)C(C)(C)C)ccc2C1. The van der Waals surface area contributed by atoms with Gasteiger partial charge in [-0.1, -0.05) is 12.1 Å². The molecule has 0 saturated carbocycles. The van der Waals surface area contributed by atoms with E-state index in [2.05, 4.69) is 30.4 Å². The number of rotatable bonds is 5. The zero-order chi connectivity index (χ0) is 20.3. The van der Waals surface area contributed by atoms with Gasteiger partial charge in [-0.05, 0) is 87.8 Å². The molecule has 2 aromatic rings. The van der Waals surface area contributed by atoms with Gasteiger partial charge in [0.1, 0.15) is 11.5 Å². The summed E-state index contributed by atoms with van der Waals surface area (Å²) in [6, 6.07) is 12.4. The van der Waals surface area contributed by atoms with Crippen LogP contribution in [0, 0.1) is 5.41 Å². The number of aryl methyl sites for hydroxylation is 1. The number of fused-ring (bicyclic) bond motifs is 1. The van der Waals surface area contributed by atoms with Crippen LogP contribution in [0.2, 0.25) is 0 Å². The Bertz CT molecular complexity index is 851. The minimum Gasteiger partial charge on any atom is -0.497 e. The van der Waals surface area contributed by atoms with Gasteiger partial charge < -0.3 is 14.8 Å². The number of esters is 1. The summed E-state index contributed by atoms with van der Waals surface area (Å²) in [6.07, 6.45) is 3.06. The van der Waals surface area contributed by atoms with E-state index in [-0.39, 0.29) is 5.97 Å². The number of benzene rings is 2. The molecule has 0 aliphatic heterocycles. The van der Waals surface area contributed by atoms with Gasteiger partial charge in [0.2, 0.25) is 0 Å². The largest absolute Gasteiger partial charge is 0.497 e. The molecular weight excluding hydrogens is 350 g/mol. The third-order valence-electron chi connectivity index (χ3n) is 5.30. The van der Waals surface area contributed by atoms with Gasteiger partial charge in [-0.3, -0.25) is 4.79 Å². The molecule has 150 valence electrons. The van der Waals surface area contributed by atoms with Crippen molar-refractivity contribution in [1.82, 2.24) is 0 Å². The van der Waals surface area contributed by atoms with Crippen LogP contribution < -0.4 is 14.8 Å². The predicted molar refractivity (Wildman–Crippen MR) is 113 cm³/mol. The number of hydrogen-bond acceptors (Lipinski definition) is 4. The van der Waals surface area contributed by atoms with Crippen molar-refractivity contribution in [2.45, 2.75) is 52.9 Å². The van der Waals surface area contributed by atoms with Crippen molar-refractivity contribution >= 4 is 11.7 Å². The Labute approximate surface area is 168 Å². The average Bonchev–Trinajstić information content (AvgIpc) is 2.67. The van der Waals surface area contributed by atoms with Crippen molar-refractivity contribution in [3.63, 3.8) is 0 Å². The zero-order valence-electron chi connectivity index (χ0n) is 17.6. The summed E-state index contributed by atoms with van der Waals surface area (Å²) in [7, 11) is 1.70. The second kappa shape index (κ2) is 8.26. The van der Waals surface area contributed by atoms with Crippen LogP contribution >= 0.6 is 0 Å². The van der Waals surface area contributed by atoms with E-state index < -0.39 is 5.41 Å². The molecule has 1 N–H and O–H groups in total. The minimum absolute atomic E-state index is 0.199. The normalized spacial score (nSPS) is 16.2. The second-order valence-corrected chi connectivity index (χ2v) is 8.49. The number of carbonyl (C=O) groups excluding carboxylic acids is 1. The number of carbonyl (C=O) groups is 1. The number of nitrogens with one attached hydrogen (secondary N) is 1. The highest BCUT2D eigenvalue weighted by Crippen LogP contribution is 2.38. The van der Waals surface area contributed by atoms with Gasteiger partial charge in [-0.25, -0.2) is 0 Å². The number of hydrogen-bond donors (Lipinski definition) is 1. The van der Waals surface area contributed by atoms with E-state index in [0.717, 1.165) is 37.2 Å². The maximum Gasteiger partial charge on any atom is 0.316 e. The fraction of sp³-hybridized carbons (Fsp3) is 0.458. The summed E-state index contributed by atoms with van der Waals surface area (Å²) in [5.41, 5.74) is 4.62. The molecule has 1 aliphatic carbocycles. The molecular formula is C24H31NO3. The summed E-state index contributed by atoms with van der Waals surface area (Å²) in [5.74, 6) is 1.79. The van der Waals surface area contributed by atoms with Gasteiger partial charge in [0.15, 0.2) is 0 Å². The maximum atomic E-state index is 12.2. The lowest BCUT2D eigenvalue weighted by atomic mass is 9.79. The molecule has 4 nitrogen and oxygen atoms in total. The summed E-state index contributed by atoms with van der Waals surface area (Å²) < 4.78 is 11.0. The molecule has 2 aromatic carbocycles. The molecule has 1 atom stereocenters. The number of ether oxygens (including phenoxy) is 2. The molecule has 3 rings (SSSR count). The number of methoxy groups -OCH3 is 1. The smallest absolute Gasteiger partial charge is 0.316 e. The lowest BCUT2D eigenvalue weighted by Gasteiger charge is -2.27. The molecule has 28 heavy (non-hydrogen) atoms. The number of anilines is 1. The molecule has 0 amide bonds. The summed E-state index contributed by atoms with van der Waals surface area (Å²) in [6.45, 7) is 8.60. The van der Waals surface area contributed by atoms with Gasteiger partial charge in [0.05, 0.1) is 12.5 Å². The third-order valence-corrected chi connectivity index (χ3v) is 5.30. The first kappa shape index (κ1) is 20.2. The Morgan fingerprint density at radius 2 is 1.86 bits per heavy atom. The first-order chi connectivity index (χ1) is 13.3. The van der Waals surface area contributed by atoms with E-state index in [0.29, 0.717) is 11.7 Å². The first-order valence-corrected chi connectivity index (χ1v) is 10.1. The van der Waals surface area contributed by atoms with Crippen LogP contribution in [0.1, 0.15) is 56.7 Å². The molecule has 4 heteroatoms. The standard InChI is InChI=1S/C24H31NO3/c1-6-25-22-15-19(27-5)11-12-21(22)18-8-7-17-14-20(10-9-16(17)13-18)28-23(26)24(2,3)4/h9-12,14-15,18,25H,6-8,13H2,1-5H3/t18-/m0/s1. The monoisotopic (exact) mass is 381 g/mol. The van der Waals surface area contributed by atoms with E-state index in [1.54, 1.807) is 7.11 Å². The molecule has 1 aliphatic rings. The van der Waals surface area contributed by atoms with Crippen LogP contribution in [-0.4, -0.2) is 19.6 Å². The molecule has 0 bridgehead atoms. The highest BCUT2D eigenvalue weighted by Gasteiger charge is 2.26. The van der Waals surface area contributed by atoms with Crippen molar-refractivity contribution in [2.24, 2.45) is 5.41 Å². The molecule has 0 spiro atoms. The Morgan fingerprint density at radius 1 is 1.11 bits per heavy atom. The Kier molecular flexibility index (Phi) is 5.97. The Morgan fingerprint density at radius 3 is 2.54 bits per heavy atom. The molecule has 0 aromatic heterocycles. The van der Waals surface area contributed by atoms with Crippen molar-refractivity contribution in [3.05, 3.63) is 53.1 Å². The van der Waals surface area contributed by atoms with E-state index in [1.807, 2.05) is 39.0 Å². The predicted octanol–water partition coefficient (Wildman–Crippen LogP) is 5.35. The molecule has 0 radical (unpaired) electrons. The summed E-state index contributed by atoms with van der Waals surface area (Å²) in [4.78, 5) is 12.2. The van der Waals surface area contributed by atoms with Gasteiger partial charge in [-0.15, -0.1) is 0 Å². The van der Waals surface area contributed by atoms with Crippen LogP contribution in [0.5, 0.6) is 11.5 Å².